The summed E-state index contributed by atoms with van der Waals surface area (Å²) in [6.45, 7) is 23.7. The lowest BCUT2D eigenvalue weighted by Crippen LogP contribution is -2.51. The molecule has 0 spiro atoms. The zero-order valence-corrected chi connectivity index (χ0v) is 33.3. The van der Waals surface area contributed by atoms with E-state index >= 15 is 0 Å². The van der Waals surface area contributed by atoms with Gasteiger partial charge in [0.15, 0.2) is 0 Å². The second-order valence-electron chi connectivity index (χ2n) is 19.0. The molecule has 0 N–H and O–H groups in total. The summed E-state index contributed by atoms with van der Waals surface area (Å²) in [7, 11) is 0. The highest BCUT2D eigenvalue weighted by Crippen LogP contribution is 2.67. The summed E-state index contributed by atoms with van der Waals surface area (Å²) >= 11 is 0. The van der Waals surface area contributed by atoms with Gasteiger partial charge in [0.2, 0.25) is 0 Å². The number of hydrogen-bond donors (Lipinski definition) is 0. The molecular formula is C47H72O2. The average Bonchev–Trinajstić information content (AvgIpc) is 3.37. The molecule has 49 heavy (non-hydrogen) atoms. The summed E-state index contributed by atoms with van der Waals surface area (Å²) in [5.41, 5.74) is 7.81. The number of fused-ring (bicyclic) bond motifs is 5. The van der Waals surface area contributed by atoms with Crippen molar-refractivity contribution in [1.29, 1.82) is 0 Å². The summed E-state index contributed by atoms with van der Waals surface area (Å²) in [5.74, 6) is 4.92. The van der Waals surface area contributed by atoms with Gasteiger partial charge >= 0.3 is 5.97 Å². The smallest absolute Gasteiger partial charge is 0.331 e. The Bertz CT molecular complexity index is 1380. The minimum absolute atomic E-state index is 0.00175. The fourth-order valence-electron chi connectivity index (χ4n) is 11.8. The Kier molecular flexibility index (Phi) is 12.2. The zero-order valence-electron chi connectivity index (χ0n) is 33.3. The molecule has 3 saturated carbocycles. The van der Waals surface area contributed by atoms with Crippen LogP contribution >= 0.6 is 0 Å². The maximum atomic E-state index is 13.0. The third-order valence-corrected chi connectivity index (χ3v) is 14.7. The van der Waals surface area contributed by atoms with E-state index in [2.05, 4.69) is 92.7 Å². The highest BCUT2D eigenvalue weighted by Gasteiger charge is 2.59. The summed E-state index contributed by atoms with van der Waals surface area (Å²) < 4.78 is 6.11. The molecule has 2 nitrogen and oxygen atoms in total. The van der Waals surface area contributed by atoms with Crippen molar-refractivity contribution in [3.05, 3.63) is 70.4 Å². The van der Waals surface area contributed by atoms with Crippen molar-refractivity contribution in [2.75, 3.05) is 0 Å². The topological polar surface area (TPSA) is 26.3 Å². The number of hydrogen-bond acceptors (Lipinski definition) is 2. The molecule has 5 aliphatic rings. The van der Waals surface area contributed by atoms with Crippen molar-refractivity contribution < 1.29 is 9.53 Å². The molecule has 0 aromatic carbocycles. The van der Waals surface area contributed by atoms with Gasteiger partial charge in [-0.15, -0.1) is 0 Å². The molecular weight excluding hydrogens is 597 g/mol. The van der Waals surface area contributed by atoms with E-state index < -0.39 is 0 Å². The SMILES string of the molecule is CC1=C(/C=C/C(C)=C/C=C/C(C)=C/C(=O)OC2CCC3(C)C(=CCC4C3CCC3(C)C4CC[C@@H]3[C@H](C)CCCC(C)C)C2)C(C)(C)CCC1. The number of carbonyl (C=O) groups is 1. The molecule has 0 aromatic rings. The molecule has 0 aliphatic heterocycles. The van der Waals surface area contributed by atoms with Crippen LogP contribution in [-0.4, -0.2) is 12.1 Å². The van der Waals surface area contributed by atoms with Crippen LogP contribution in [0.25, 0.3) is 0 Å². The van der Waals surface area contributed by atoms with E-state index in [4.69, 9.17) is 4.74 Å². The molecule has 0 saturated heterocycles. The van der Waals surface area contributed by atoms with E-state index in [0.717, 1.165) is 60.3 Å². The first-order chi connectivity index (χ1) is 23.1. The molecule has 0 radical (unpaired) electrons. The van der Waals surface area contributed by atoms with Crippen molar-refractivity contribution in [3.63, 3.8) is 0 Å². The molecule has 5 rings (SSSR count). The third-order valence-electron chi connectivity index (χ3n) is 14.7. The van der Waals surface area contributed by atoms with Gasteiger partial charge in [-0.25, -0.2) is 4.79 Å². The maximum absolute atomic E-state index is 13.0. The van der Waals surface area contributed by atoms with Gasteiger partial charge in [0, 0.05) is 12.5 Å². The van der Waals surface area contributed by atoms with Gasteiger partial charge in [-0.3, -0.25) is 0 Å². The summed E-state index contributed by atoms with van der Waals surface area (Å²) in [4.78, 5) is 13.0. The lowest BCUT2D eigenvalue weighted by atomic mass is 9.47. The number of allylic oxidation sites excluding steroid dienone is 10. The molecule has 6 unspecified atom stereocenters. The summed E-state index contributed by atoms with van der Waals surface area (Å²) in [5, 5.41) is 0. The van der Waals surface area contributed by atoms with Crippen molar-refractivity contribution in [2.45, 2.75) is 165 Å². The van der Waals surface area contributed by atoms with Gasteiger partial charge in [0.25, 0.3) is 0 Å². The number of rotatable bonds is 11. The predicted molar refractivity (Wildman–Crippen MR) is 209 cm³/mol. The minimum Gasteiger partial charge on any atom is -0.459 e. The second-order valence-corrected chi connectivity index (χ2v) is 19.0. The van der Waals surface area contributed by atoms with E-state index in [1.54, 1.807) is 11.6 Å². The highest BCUT2D eigenvalue weighted by molar-refractivity contribution is 5.83. The molecule has 0 bridgehead atoms. The van der Waals surface area contributed by atoms with Crippen LogP contribution in [0.1, 0.15) is 159 Å². The van der Waals surface area contributed by atoms with Crippen LogP contribution in [0.2, 0.25) is 0 Å². The standard InChI is InChI=1S/C47H72O2/c1-32(2)14-11-17-36(6)41-23-24-42-39-21-20-37-31-38(25-28-46(37,9)43(39)26-29-47(41,42)10)49-44(48)30-34(4)16-12-15-33(3)19-22-40-35(5)18-13-27-45(40,7)8/h12,15-16,19-20,22,30,32,36,38-39,41-43H,11,13-14,17-18,21,23-29,31H2,1-10H3/b16-12+,22-19+,33-15+,34-30+/t36-,38?,39?,41-,42?,43?,46?,47?/m1/s1. The Morgan fingerprint density at radius 1 is 0.939 bits per heavy atom. The van der Waals surface area contributed by atoms with Gasteiger partial charge in [-0.05, 0) is 148 Å². The van der Waals surface area contributed by atoms with Gasteiger partial charge in [-0.2, -0.15) is 0 Å². The maximum Gasteiger partial charge on any atom is 0.331 e. The van der Waals surface area contributed by atoms with E-state index in [1.165, 1.54) is 87.3 Å². The van der Waals surface area contributed by atoms with Crippen molar-refractivity contribution in [3.8, 4) is 0 Å². The molecule has 5 aliphatic carbocycles. The lowest BCUT2D eigenvalue weighted by molar-refractivity contribution is -0.145. The summed E-state index contributed by atoms with van der Waals surface area (Å²) in [6.07, 6.45) is 33.0. The van der Waals surface area contributed by atoms with Crippen LogP contribution in [0.3, 0.4) is 0 Å². The Morgan fingerprint density at radius 2 is 1.71 bits per heavy atom. The first kappa shape index (κ1) is 38.1. The molecule has 2 heteroatoms. The Hall–Kier alpha value is -2.09. The summed E-state index contributed by atoms with van der Waals surface area (Å²) in [6, 6.07) is 0. The van der Waals surface area contributed by atoms with E-state index in [-0.39, 0.29) is 22.9 Å². The number of carbonyl (C=O) groups excluding carboxylic acids is 1. The average molecular weight is 669 g/mol. The monoisotopic (exact) mass is 669 g/mol. The Balaban J connectivity index is 1.14. The van der Waals surface area contributed by atoms with Crippen LogP contribution in [0.4, 0.5) is 0 Å². The zero-order chi connectivity index (χ0) is 35.6. The Labute approximate surface area is 302 Å². The van der Waals surface area contributed by atoms with E-state index in [1.807, 2.05) is 13.0 Å². The molecule has 0 amide bonds. The normalized spacial score (nSPS) is 35.7. The Morgan fingerprint density at radius 3 is 2.45 bits per heavy atom. The van der Waals surface area contributed by atoms with Crippen LogP contribution in [0.15, 0.2) is 70.4 Å². The second kappa shape index (κ2) is 15.7. The van der Waals surface area contributed by atoms with Crippen LogP contribution < -0.4 is 0 Å². The lowest BCUT2D eigenvalue weighted by Gasteiger charge is -2.58. The first-order valence-corrected chi connectivity index (χ1v) is 20.5. The van der Waals surface area contributed by atoms with Crippen molar-refractivity contribution in [1.82, 2.24) is 0 Å². The van der Waals surface area contributed by atoms with E-state index in [9.17, 15) is 4.79 Å². The van der Waals surface area contributed by atoms with Gasteiger partial charge < -0.3 is 4.74 Å². The number of ether oxygens (including phenoxy) is 1. The molecule has 0 heterocycles. The molecule has 0 aromatic heterocycles. The van der Waals surface area contributed by atoms with Gasteiger partial charge in [0.1, 0.15) is 6.10 Å². The van der Waals surface area contributed by atoms with E-state index in [0.29, 0.717) is 5.41 Å². The van der Waals surface area contributed by atoms with Gasteiger partial charge in [-0.1, -0.05) is 121 Å². The minimum atomic E-state index is -0.194. The predicted octanol–water partition coefficient (Wildman–Crippen LogP) is 13.5. The molecule has 272 valence electrons. The van der Waals surface area contributed by atoms with Crippen LogP contribution in [0, 0.1) is 51.8 Å². The molecule has 8 atom stereocenters. The van der Waals surface area contributed by atoms with Crippen molar-refractivity contribution in [2.24, 2.45) is 51.8 Å². The quantitative estimate of drug-likeness (QED) is 0.0948. The van der Waals surface area contributed by atoms with Crippen LogP contribution in [0.5, 0.6) is 0 Å². The van der Waals surface area contributed by atoms with Gasteiger partial charge in [0.05, 0.1) is 0 Å². The fraction of sp³-hybridized carbons (Fsp3) is 0.723. The largest absolute Gasteiger partial charge is 0.459 e. The first-order valence-electron chi connectivity index (χ1n) is 20.5. The van der Waals surface area contributed by atoms with Crippen molar-refractivity contribution >= 4 is 5.97 Å². The highest BCUT2D eigenvalue weighted by atomic mass is 16.5. The fourth-order valence-corrected chi connectivity index (χ4v) is 11.8. The van der Waals surface area contributed by atoms with Crippen LogP contribution in [-0.2, 0) is 9.53 Å². The molecule has 3 fully saturated rings. The third kappa shape index (κ3) is 8.52. The number of esters is 1.